The first-order valence-corrected chi connectivity index (χ1v) is 4.96. The lowest BCUT2D eigenvalue weighted by Crippen LogP contribution is -2.07. The van der Waals surface area contributed by atoms with Gasteiger partial charge in [-0.3, -0.25) is 0 Å². The minimum atomic E-state index is 0.629. The third kappa shape index (κ3) is 2.23. The van der Waals surface area contributed by atoms with E-state index in [1.807, 2.05) is 6.92 Å². The molecule has 0 saturated carbocycles. The van der Waals surface area contributed by atoms with E-state index in [0.29, 0.717) is 12.4 Å². The average Bonchev–Trinajstić information content (AvgIpc) is 2.20. The summed E-state index contributed by atoms with van der Waals surface area (Å²) in [5.41, 5.74) is 8.96. The molecule has 1 aromatic heterocycles. The topological polar surface area (TPSA) is 48.1 Å². The van der Waals surface area contributed by atoms with Crippen molar-refractivity contribution >= 4 is 0 Å². The van der Waals surface area contributed by atoms with Crippen LogP contribution in [0.3, 0.4) is 0 Å². The zero-order valence-corrected chi connectivity index (χ0v) is 9.13. The molecule has 0 amide bonds. The lowest BCUT2D eigenvalue weighted by molar-refractivity contribution is 0.391. The zero-order chi connectivity index (χ0) is 10.6. The van der Waals surface area contributed by atoms with Crippen molar-refractivity contribution in [1.82, 2.24) is 4.98 Å². The molecule has 0 spiro atoms. The fourth-order valence-corrected chi connectivity index (χ4v) is 1.54. The number of nitrogens with zero attached hydrogens (tertiary/aromatic N) is 1. The Morgan fingerprint density at radius 2 is 2.14 bits per heavy atom. The number of methoxy groups -OCH3 is 1. The maximum atomic E-state index is 5.53. The van der Waals surface area contributed by atoms with Crippen molar-refractivity contribution in [2.24, 2.45) is 5.73 Å². The minimum Gasteiger partial charge on any atom is -0.481 e. The molecule has 0 aliphatic rings. The Labute approximate surface area is 85.3 Å². The number of nitrogens with two attached hydrogens (primary N) is 1. The third-order valence-corrected chi connectivity index (χ3v) is 2.35. The largest absolute Gasteiger partial charge is 0.481 e. The molecule has 3 nitrogen and oxygen atoms in total. The normalized spacial score (nSPS) is 10.3. The van der Waals surface area contributed by atoms with Gasteiger partial charge >= 0.3 is 0 Å². The third-order valence-electron chi connectivity index (χ3n) is 2.35. The monoisotopic (exact) mass is 194 g/mol. The molecule has 0 aromatic carbocycles. The van der Waals surface area contributed by atoms with Crippen LogP contribution in [-0.4, -0.2) is 18.6 Å². The Bertz CT molecular complexity index is 310. The number of rotatable bonds is 4. The van der Waals surface area contributed by atoms with Gasteiger partial charge < -0.3 is 10.5 Å². The first-order valence-electron chi connectivity index (χ1n) is 4.96. The number of pyridine rings is 1. The van der Waals surface area contributed by atoms with Gasteiger partial charge in [-0.1, -0.05) is 6.92 Å². The molecule has 78 valence electrons. The Balaban J connectivity index is 3.11. The summed E-state index contributed by atoms with van der Waals surface area (Å²) in [7, 11) is 1.65. The van der Waals surface area contributed by atoms with Gasteiger partial charge in [-0.25, -0.2) is 4.98 Å². The second-order valence-corrected chi connectivity index (χ2v) is 3.29. The SMILES string of the molecule is CCc1cc(CCN)c(OC)nc1C. The lowest BCUT2D eigenvalue weighted by Gasteiger charge is -2.10. The van der Waals surface area contributed by atoms with Gasteiger partial charge in [0.05, 0.1) is 7.11 Å². The van der Waals surface area contributed by atoms with Crippen molar-refractivity contribution < 1.29 is 4.74 Å². The van der Waals surface area contributed by atoms with Crippen LogP contribution in [0.25, 0.3) is 0 Å². The fraction of sp³-hybridized carbons (Fsp3) is 0.545. The Morgan fingerprint density at radius 3 is 2.64 bits per heavy atom. The fourth-order valence-electron chi connectivity index (χ4n) is 1.54. The van der Waals surface area contributed by atoms with Crippen LogP contribution in [0, 0.1) is 6.92 Å². The van der Waals surface area contributed by atoms with E-state index in [2.05, 4.69) is 18.0 Å². The number of hydrogen-bond donors (Lipinski definition) is 1. The quantitative estimate of drug-likeness (QED) is 0.789. The maximum Gasteiger partial charge on any atom is 0.216 e. The predicted octanol–water partition coefficient (Wildman–Crippen LogP) is 1.46. The van der Waals surface area contributed by atoms with Crippen molar-refractivity contribution in [2.75, 3.05) is 13.7 Å². The van der Waals surface area contributed by atoms with Gasteiger partial charge in [0.2, 0.25) is 5.88 Å². The van der Waals surface area contributed by atoms with Crippen LogP contribution in [0.5, 0.6) is 5.88 Å². The van der Waals surface area contributed by atoms with Crippen molar-refractivity contribution in [3.63, 3.8) is 0 Å². The van der Waals surface area contributed by atoms with Gasteiger partial charge in [0.25, 0.3) is 0 Å². The second-order valence-electron chi connectivity index (χ2n) is 3.29. The Hall–Kier alpha value is -1.09. The van der Waals surface area contributed by atoms with Gasteiger partial charge in [-0.2, -0.15) is 0 Å². The van der Waals surface area contributed by atoms with Crippen LogP contribution in [0.15, 0.2) is 6.07 Å². The summed E-state index contributed by atoms with van der Waals surface area (Å²) in [6.45, 7) is 4.76. The van der Waals surface area contributed by atoms with E-state index >= 15 is 0 Å². The molecule has 3 heteroatoms. The van der Waals surface area contributed by atoms with E-state index in [9.17, 15) is 0 Å². The summed E-state index contributed by atoms with van der Waals surface area (Å²) < 4.78 is 5.21. The Kier molecular flexibility index (Phi) is 3.89. The van der Waals surface area contributed by atoms with Crippen LogP contribution in [0.4, 0.5) is 0 Å². The van der Waals surface area contributed by atoms with E-state index < -0.39 is 0 Å². The van der Waals surface area contributed by atoms with E-state index in [0.717, 1.165) is 24.1 Å². The summed E-state index contributed by atoms with van der Waals surface area (Å²) in [5, 5.41) is 0. The highest BCUT2D eigenvalue weighted by Gasteiger charge is 2.07. The van der Waals surface area contributed by atoms with Crippen molar-refractivity contribution in [1.29, 1.82) is 0 Å². The summed E-state index contributed by atoms with van der Waals surface area (Å²) in [6.07, 6.45) is 1.82. The molecule has 0 fully saturated rings. The number of aryl methyl sites for hydroxylation is 2. The standard InChI is InChI=1S/C11H18N2O/c1-4-9-7-10(5-6-12)11(14-3)13-8(9)2/h7H,4-6,12H2,1-3H3. The van der Waals surface area contributed by atoms with E-state index in [1.54, 1.807) is 7.11 Å². The highest BCUT2D eigenvalue weighted by molar-refractivity contribution is 5.34. The molecule has 14 heavy (non-hydrogen) atoms. The molecule has 1 rings (SSSR count). The van der Waals surface area contributed by atoms with E-state index in [1.165, 1.54) is 5.56 Å². The molecule has 0 bridgehead atoms. The van der Waals surface area contributed by atoms with Crippen molar-refractivity contribution in [3.05, 3.63) is 22.9 Å². The molecule has 0 radical (unpaired) electrons. The number of aromatic nitrogens is 1. The van der Waals surface area contributed by atoms with Gasteiger partial charge in [0, 0.05) is 11.3 Å². The molecule has 0 unspecified atom stereocenters. The molecule has 0 saturated heterocycles. The first-order chi connectivity index (χ1) is 6.72. The molecule has 1 heterocycles. The van der Waals surface area contributed by atoms with Gasteiger partial charge in [0.15, 0.2) is 0 Å². The smallest absolute Gasteiger partial charge is 0.216 e. The molecule has 0 atom stereocenters. The molecule has 0 aliphatic heterocycles. The van der Waals surface area contributed by atoms with Crippen LogP contribution in [0.2, 0.25) is 0 Å². The Morgan fingerprint density at radius 1 is 1.43 bits per heavy atom. The van der Waals surface area contributed by atoms with Crippen molar-refractivity contribution in [3.8, 4) is 5.88 Å². The van der Waals surface area contributed by atoms with Crippen molar-refractivity contribution in [2.45, 2.75) is 26.7 Å². The summed E-state index contributed by atoms with van der Waals surface area (Å²) in [6, 6.07) is 2.15. The molecule has 2 N–H and O–H groups in total. The van der Waals surface area contributed by atoms with E-state index in [-0.39, 0.29) is 0 Å². The molecular formula is C11H18N2O. The van der Waals surface area contributed by atoms with Gasteiger partial charge in [-0.05, 0) is 37.9 Å². The van der Waals surface area contributed by atoms with Crippen LogP contribution in [0.1, 0.15) is 23.7 Å². The number of hydrogen-bond acceptors (Lipinski definition) is 3. The molecule has 0 aliphatic carbocycles. The van der Waals surface area contributed by atoms with Gasteiger partial charge in [-0.15, -0.1) is 0 Å². The molecule has 1 aromatic rings. The highest BCUT2D eigenvalue weighted by atomic mass is 16.5. The van der Waals surface area contributed by atoms with Crippen LogP contribution < -0.4 is 10.5 Å². The van der Waals surface area contributed by atoms with Gasteiger partial charge in [0.1, 0.15) is 0 Å². The first kappa shape index (κ1) is 11.0. The second kappa shape index (κ2) is 4.96. The predicted molar refractivity (Wildman–Crippen MR) is 57.7 cm³/mol. The number of ether oxygens (including phenoxy) is 1. The molecular weight excluding hydrogens is 176 g/mol. The summed E-state index contributed by atoms with van der Waals surface area (Å²) >= 11 is 0. The summed E-state index contributed by atoms with van der Waals surface area (Å²) in [4.78, 5) is 4.40. The van der Waals surface area contributed by atoms with E-state index in [4.69, 9.17) is 10.5 Å². The lowest BCUT2D eigenvalue weighted by atomic mass is 10.1. The van der Waals surface area contributed by atoms with Crippen LogP contribution in [-0.2, 0) is 12.8 Å². The minimum absolute atomic E-state index is 0.629. The maximum absolute atomic E-state index is 5.53. The van der Waals surface area contributed by atoms with Crippen LogP contribution >= 0.6 is 0 Å². The summed E-state index contributed by atoms with van der Waals surface area (Å²) in [5.74, 6) is 0.713. The average molecular weight is 194 g/mol. The highest BCUT2D eigenvalue weighted by Crippen LogP contribution is 2.19. The zero-order valence-electron chi connectivity index (χ0n) is 9.13.